The van der Waals surface area contributed by atoms with Crippen LogP contribution in [0.4, 0.5) is 11.4 Å². The van der Waals surface area contributed by atoms with Crippen LogP contribution < -0.4 is 20.3 Å². The van der Waals surface area contributed by atoms with Gasteiger partial charge in [-0.05, 0) is 98.7 Å². The van der Waals surface area contributed by atoms with E-state index in [0.29, 0.717) is 10.1 Å². The van der Waals surface area contributed by atoms with Crippen LogP contribution in [0, 0.1) is 26.7 Å². The van der Waals surface area contributed by atoms with E-state index >= 15 is 0 Å². The smallest absolute Gasteiger partial charge is 0.226 e. The molecule has 3 heterocycles. The number of pyridine rings is 1. The maximum Gasteiger partial charge on any atom is 0.226 e. The summed E-state index contributed by atoms with van der Waals surface area (Å²) in [6, 6.07) is 19.4. The number of aryl methyl sites for hydroxylation is 2. The van der Waals surface area contributed by atoms with E-state index in [-0.39, 0.29) is 23.9 Å². The Morgan fingerprint density at radius 2 is 1.88 bits per heavy atom. The Balaban J connectivity index is 1.64. The minimum atomic E-state index is -0.196. The summed E-state index contributed by atoms with van der Waals surface area (Å²) in [5, 5.41) is 7.81. The Kier molecular flexibility index (Phi) is 8.07. The molecule has 2 N–H and O–H groups in total. The highest BCUT2D eigenvalue weighted by Gasteiger charge is 2.42. The van der Waals surface area contributed by atoms with Crippen LogP contribution in [0.5, 0.6) is 5.75 Å². The fourth-order valence-corrected chi connectivity index (χ4v) is 5.97. The molecular weight excluding hydrogens is 554 g/mol. The third kappa shape index (κ3) is 5.42. The van der Waals surface area contributed by atoms with Gasteiger partial charge in [-0.15, -0.1) is 0 Å². The summed E-state index contributed by atoms with van der Waals surface area (Å²) in [6.07, 6.45) is 1.80. The Morgan fingerprint density at radius 3 is 2.54 bits per heavy atom. The number of thiocarbonyl (C=S) groups is 1. The molecular formula is C32H34ClN5O2S. The Bertz CT molecular complexity index is 1620. The highest BCUT2D eigenvalue weighted by molar-refractivity contribution is 7.80. The first kappa shape index (κ1) is 28.6. The Morgan fingerprint density at radius 1 is 1.10 bits per heavy atom. The van der Waals surface area contributed by atoms with Crippen LogP contribution in [0.15, 0.2) is 66.9 Å². The van der Waals surface area contributed by atoms with E-state index in [9.17, 15) is 4.79 Å². The summed E-state index contributed by atoms with van der Waals surface area (Å²) in [5.74, 6) is 0.605. The number of rotatable bonds is 7. The molecule has 7 nitrogen and oxygen atoms in total. The van der Waals surface area contributed by atoms with Gasteiger partial charge in [0.2, 0.25) is 5.91 Å². The highest BCUT2D eigenvalue weighted by atomic mass is 35.5. The normalized spacial score (nSPS) is 16.7. The SMILES string of the molecule is COc1ccc(Cl)cc1-n1c(C)cc(C2C(c3ccccn3)NC(=S)N2c2ccc(NC(=O)C(C)C)c(C)c2)c1C. The predicted molar refractivity (Wildman–Crippen MR) is 169 cm³/mol. The van der Waals surface area contributed by atoms with Gasteiger partial charge in [-0.3, -0.25) is 9.78 Å². The lowest BCUT2D eigenvalue weighted by Crippen LogP contribution is -2.29. The van der Waals surface area contributed by atoms with Gasteiger partial charge in [-0.2, -0.15) is 0 Å². The van der Waals surface area contributed by atoms with Crippen molar-refractivity contribution in [3.63, 3.8) is 0 Å². The number of carbonyl (C=O) groups is 1. The lowest BCUT2D eigenvalue weighted by Gasteiger charge is -2.29. The van der Waals surface area contributed by atoms with Crippen molar-refractivity contribution in [2.45, 2.75) is 46.7 Å². The summed E-state index contributed by atoms with van der Waals surface area (Å²) in [7, 11) is 1.66. The second kappa shape index (κ2) is 11.5. The molecule has 2 atom stereocenters. The molecule has 1 amide bonds. The van der Waals surface area contributed by atoms with Crippen molar-refractivity contribution < 1.29 is 9.53 Å². The van der Waals surface area contributed by atoms with Crippen LogP contribution in [0.25, 0.3) is 5.69 Å². The number of hydrogen-bond acceptors (Lipinski definition) is 4. The summed E-state index contributed by atoms with van der Waals surface area (Å²) in [6.45, 7) is 9.94. The lowest BCUT2D eigenvalue weighted by atomic mass is 9.96. The molecule has 0 aliphatic carbocycles. The number of carbonyl (C=O) groups excluding carboxylic acids is 1. The molecule has 1 aliphatic rings. The predicted octanol–water partition coefficient (Wildman–Crippen LogP) is 7.23. The second-order valence-electron chi connectivity index (χ2n) is 10.6. The van der Waals surface area contributed by atoms with Crippen LogP contribution >= 0.6 is 23.8 Å². The number of benzene rings is 2. The second-order valence-corrected chi connectivity index (χ2v) is 11.4. The quantitative estimate of drug-likeness (QED) is 0.222. The first-order chi connectivity index (χ1) is 19.6. The van der Waals surface area contributed by atoms with Crippen molar-refractivity contribution in [2.75, 3.05) is 17.3 Å². The van der Waals surface area contributed by atoms with Crippen molar-refractivity contribution in [3.05, 3.63) is 100 Å². The topological polar surface area (TPSA) is 71.4 Å². The highest BCUT2D eigenvalue weighted by Crippen LogP contribution is 2.45. The number of aromatic nitrogens is 2. The summed E-state index contributed by atoms with van der Waals surface area (Å²) in [5.41, 5.74) is 7.62. The van der Waals surface area contributed by atoms with Gasteiger partial charge >= 0.3 is 0 Å². The lowest BCUT2D eigenvalue weighted by molar-refractivity contribution is -0.118. The van der Waals surface area contributed by atoms with E-state index in [0.717, 1.165) is 51.0 Å². The first-order valence-electron chi connectivity index (χ1n) is 13.6. The van der Waals surface area contributed by atoms with Crippen LogP contribution in [-0.2, 0) is 4.79 Å². The van der Waals surface area contributed by atoms with Gasteiger partial charge < -0.3 is 24.8 Å². The van der Waals surface area contributed by atoms with Crippen LogP contribution in [-0.4, -0.2) is 27.7 Å². The molecule has 212 valence electrons. The molecule has 41 heavy (non-hydrogen) atoms. The summed E-state index contributed by atoms with van der Waals surface area (Å²) >= 11 is 12.4. The van der Waals surface area contributed by atoms with Gasteiger partial charge in [0, 0.05) is 39.9 Å². The molecule has 2 aromatic carbocycles. The average Bonchev–Trinajstić information content (AvgIpc) is 3.44. The largest absolute Gasteiger partial charge is 0.495 e. The van der Waals surface area contributed by atoms with Crippen LogP contribution in [0.1, 0.15) is 54.1 Å². The van der Waals surface area contributed by atoms with E-state index < -0.39 is 0 Å². The van der Waals surface area contributed by atoms with E-state index in [1.807, 2.05) is 69.3 Å². The maximum absolute atomic E-state index is 12.4. The van der Waals surface area contributed by atoms with Crippen molar-refractivity contribution in [3.8, 4) is 11.4 Å². The fourth-order valence-electron chi connectivity index (χ4n) is 5.46. The van der Waals surface area contributed by atoms with Gasteiger partial charge in [0.05, 0.1) is 30.6 Å². The van der Waals surface area contributed by atoms with Crippen molar-refractivity contribution in [1.29, 1.82) is 0 Å². The zero-order valence-corrected chi connectivity index (χ0v) is 25.6. The number of ether oxygens (including phenoxy) is 1. The zero-order chi connectivity index (χ0) is 29.4. The van der Waals surface area contributed by atoms with Gasteiger partial charge in [0.1, 0.15) is 5.75 Å². The number of halogens is 1. The number of nitrogens with zero attached hydrogens (tertiary/aromatic N) is 3. The number of amides is 1. The fraction of sp³-hybridized carbons (Fsp3) is 0.281. The van der Waals surface area contributed by atoms with Gasteiger partial charge in [0.25, 0.3) is 0 Å². The van der Waals surface area contributed by atoms with E-state index in [2.05, 4.69) is 46.1 Å². The first-order valence-corrected chi connectivity index (χ1v) is 14.3. The van der Waals surface area contributed by atoms with Crippen molar-refractivity contribution in [1.82, 2.24) is 14.9 Å². The van der Waals surface area contributed by atoms with Crippen LogP contribution in [0.2, 0.25) is 5.02 Å². The average molecular weight is 588 g/mol. The van der Waals surface area contributed by atoms with E-state index in [1.54, 1.807) is 13.3 Å². The van der Waals surface area contributed by atoms with E-state index in [4.69, 9.17) is 33.5 Å². The van der Waals surface area contributed by atoms with Gasteiger partial charge in [-0.25, -0.2) is 0 Å². The summed E-state index contributed by atoms with van der Waals surface area (Å²) < 4.78 is 7.87. The van der Waals surface area contributed by atoms with Crippen molar-refractivity contribution in [2.24, 2.45) is 5.92 Å². The molecule has 1 fully saturated rings. The number of anilines is 2. The molecule has 9 heteroatoms. The summed E-state index contributed by atoms with van der Waals surface area (Å²) in [4.78, 5) is 19.2. The van der Waals surface area contributed by atoms with Crippen molar-refractivity contribution >= 4 is 46.2 Å². The number of hydrogen-bond donors (Lipinski definition) is 2. The molecule has 0 saturated carbocycles. The van der Waals surface area contributed by atoms with E-state index in [1.165, 1.54) is 0 Å². The molecule has 2 aromatic heterocycles. The minimum Gasteiger partial charge on any atom is -0.495 e. The molecule has 0 bridgehead atoms. The number of nitrogens with one attached hydrogen (secondary N) is 2. The standard InChI is InChI=1S/C32H34ClN5O2S/c1-18(2)31(39)35-25-12-11-23(15-19(25)3)38-30(29(36-32(38)41)26-9-7-8-14-34-26)24-16-20(4)37(21(24)5)27-17-22(33)10-13-28(27)40-6/h7-18,29-30H,1-6H3,(H,35,39)(H,36,41). The molecule has 5 rings (SSSR count). The zero-order valence-electron chi connectivity index (χ0n) is 24.0. The molecule has 0 radical (unpaired) electrons. The molecule has 1 saturated heterocycles. The van der Waals surface area contributed by atoms with Gasteiger partial charge in [-0.1, -0.05) is 31.5 Å². The maximum atomic E-state index is 12.4. The third-order valence-corrected chi connectivity index (χ3v) is 8.09. The Labute approximate surface area is 251 Å². The monoisotopic (exact) mass is 587 g/mol. The molecule has 2 unspecified atom stereocenters. The third-order valence-electron chi connectivity index (χ3n) is 7.54. The van der Waals surface area contributed by atoms with Crippen LogP contribution in [0.3, 0.4) is 0 Å². The van der Waals surface area contributed by atoms with Gasteiger partial charge in [0.15, 0.2) is 5.11 Å². The minimum absolute atomic E-state index is 0.0174. The number of methoxy groups -OCH3 is 1. The molecule has 1 aliphatic heterocycles. The Hall–Kier alpha value is -3.88. The molecule has 0 spiro atoms. The molecule has 4 aromatic rings.